The Morgan fingerprint density at radius 2 is 2.29 bits per heavy atom. The molecule has 0 aliphatic carbocycles. The SMILES string of the molecule is CC(=O)NCCc1cccc2cc(F)c3c(c12)CCCO3. The molecular weight excluding hydrogens is 269 g/mol. The third-order valence-corrected chi connectivity index (χ3v) is 3.84. The predicted octanol–water partition coefficient (Wildman–Crippen LogP) is 2.98. The van der Waals surface area contributed by atoms with E-state index >= 15 is 0 Å². The van der Waals surface area contributed by atoms with Crippen LogP contribution in [0.4, 0.5) is 4.39 Å². The van der Waals surface area contributed by atoms with E-state index in [0.29, 0.717) is 18.9 Å². The van der Waals surface area contributed by atoms with E-state index in [4.69, 9.17) is 4.74 Å². The van der Waals surface area contributed by atoms with Crippen molar-refractivity contribution in [2.24, 2.45) is 0 Å². The Morgan fingerprint density at radius 3 is 3.10 bits per heavy atom. The zero-order chi connectivity index (χ0) is 14.8. The quantitative estimate of drug-likeness (QED) is 0.942. The van der Waals surface area contributed by atoms with Gasteiger partial charge < -0.3 is 10.1 Å². The minimum absolute atomic E-state index is 0.0355. The van der Waals surface area contributed by atoms with Gasteiger partial charge in [-0.25, -0.2) is 4.39 Å². The van der Waals surface area contributed by atoms with Crippen LogP contribution in [-0.4, -0.2) is 19.1 Å². The highest BCUT2D eigenvalue weighted by Gasteiger charge is 2.20. The maximum atomic E-state index is 14.1. The summed E-state index contributed by atoms with van der Waals surface area (Å²) in [6.45, 7) is 2.67. The fourth-order valence-electron chi connectivity index (χ4n) is 2.97. The van der Waals surface area contributed by atoms with Gasteiger partial charge in [-0.2, -0.15) is 0 Å². The van der Waals surface area contributed by atoms with Crippen molar-refractivity contribution in [2.75, 3.05) is 13.2 Å². The third kappa shape index (κ3) is 2.71. The van der Waals surface area contributed by atoms with E-state index in [1.54, 1.807) is 6.07 Å². The zero-order valence-electron chi connectivity index (χ0n) is 12.0. The van der Waals surface area contributed by atoms with Crippen molar-refractivity contribution < 1.29 is 13.9 Å². The number of halogens is 1. The number of hydrogen-bond donors (Lipinski definition) is 1. The summed E-state index contributed by atoms with van der Waals surface area (Å²) >= 11 is 0. The summed E-state index contributed by atoms with van der Waals surface area (Å²) in [6, 6.07) is 7.44. The summed E-state index contributed by atoms with van der Waals surface area (Å²) in [6.07, 6.45) is 2.47. The molecule has 1 amide bonds. The molecule has 4 heteroatoms. The second kappa shape index (κ2) is 5.72. The molecule has 3 nitrogen and oxygen atoms in total. The highest BCUT2D eigenvalue weighted by Crippen LogP contribution is 2.36. The second-order valence-electron chi connectivity index (χ2n) is 5.37. The first-order valence-electron chi connectivity index (χ1n) is 7.27. The van der Waals surface area contributed by atoms with Crippen LogP contribution in [0.25, 0.3) is 10.8 Å². The first kappa shape index (κ1) is 13.9. The Labute approximate surface area is 123 Å². The fourth-order valence-corrected chi connectivity index (χ4v) is 2.97. The van der Waals surface area contributed by atoms with E-state index in [9.17, 15) is 9.18 Å². The van der Waals surface area contributed by atoms with E-state index in [1.807, 2.05) is 18.2 Å². The van der Waals surface area contributed by atoms with Crippen LogP contribution in [0.3, 0.4) is 0 Å². The van der Waals surface area contributed by atoms with Gasteiger partial charge in [-0.3, -0.25) is 4.79 Å². The summed E-state index contributed by atoms with van der Waals surface area (Å²) in [5.41, 5.74) is 2.10. The number of rotatable bonds is 3. The van der Waals surface area contributed by atoms with Crippen molar-refractivity contribution in [3.05, 3.63) is 41.2 Å². The Hall–Kier alpha value is -2.10. The van der Waals surface area contributed by atoms with Gasteiger partial charge in [0.15, 0.2) is 11.6 Å². The Bertz CT molecular complexity index is 697. The van der Waals surface area contributed by atoms with E-state index in [2.05, 4.69) is 5.32 Å². The van der Waals surface area contributed by atoms with E-state index in [-0.39, 0.29) is 11.7 Å². The molecule has 1 N–H and O–H groups in total. The Morgan fingerprint density at radius 1 is 1.43 bits per heavy atom. The van der Waals surface area contributed by atoms with Crippen molar-refractivity contribution in [1.29, 1.82) is 0 Å². The molecule has 0 saturated heterocycles. The van der Waals surface area contributed by atoms with Gasteiger partial charge in [0.05, 0.1) is 6.61 Å². The second-order valence-corrected chi connectivity index (χ2v) is 5.37. The molecule has 0 spiro atoms. The van der Waals surface area contributed by atoms with Gasteiger partial charge in [-0.05, 0) is 41.7 Å². The average Bonchev–Trinajstić information content (AvgIpc) is 2.47. The summed E-state index contributed by atoms with van der Waals surface area (Å²) in [5.74, 6) is 0.0866. The largest absolute Gasteiger partial charge is 0.490 e. The van der Waals surface area contributed by atoms with Crippen LogP contribution in [0.2, 0.25) is 0 Å². The molecule has 0 radical (unpaired) electrons. The van der Waals surface area contributed by atoms with Gasteiger partial charge in [0.25, 0.3) is 0 Å². The first-order chi connectivity index (χ1) is 10.2. The molecule has 0 aromatic heterocycles. The number of amides is 1. The summed E-state index contributed by atoms with van der Waals surface area (Å²) in [4.78, 5) is 11.0. The molecule has 2 aromatic carbocycles. The molecule has 0 saturated carbocycles. The maximum absolute atomic E-state index is 14.1. The predicted molar refractivity (Wildman–Crippen MR) is 80.1 cm³/mol. The number of fused-ring (bicyclic) bond motifs is 3. The van der Waals surface area contributed by atoms with E-state index < -0.39 is 0 Å². The smallest absolute Gasteiger partial charge is 0.216 e. The van der Waals surface area contributed by atoms with E-state index in [0.717, 1.165) is 41.2 Å². The standard InChI is InChI=1S/C17H18FNO2/c1-11(20)19-8-7-12-4-2-5-13-10-15(18)17-14(16(12)13)6-3-9-21-17/h2,4-5,10H,3,6-9H2,1H3,(H,19,20). The lowest BCUT2D eigenvalue weighted by atomic mass is 9.93. The van der Waals surface area contributed by atoms with Crippen LogP contribution in [0, 0.1) is 5.82 Å². The Balaban J connectivity index is 2.06. The number of carbonyl (C=O) groups is 1. The molecule has 110 valence electrons. The molecule has 1 aliphatic heterocycles. The van der Waals surface area contributed by atoms with Crippen molar-refractivity contribution >= 4 is 16.7 Å². The molecule has 0 bridgehead atoms. The number of carbonyl (C=O) groups excluding carboxylic acids is 1. The lowest BCUT2D eigenvalue weighted by Crippen LogP contribution is -2.22. The minimum atomic E-state index is -0.281. The molecule has 21 heavy (non-hydrogen) atoms. The third-order valence-electron chi connectivity index (χ3n) is 3.84. The molecule has 1 heterocycles. The highest BCUT2D eigenvalue weighted by molar-refractivity contribution is 5.91. The van der Waals surface area contributed by atoms with Crippen molar-refractivity contribution in [2.45, 2.75) is 26.2 Å². The highest BCUT2D eigenvalue weighted by atomic mass is 19.1. The van der Waals surface area contributed by atoms with Crippen LogP contribution in [0.1, 0.15) is 24.5 Å². The van der Waals surface area contributed by atoms with Gasteiger partial charge in [0, 0.05) is 19.0 Å². The molecule has 0 fully saturated rings. The average molecular weight is 287 g/mol. The van der Waals surface area contributed by atoms with Gasteiger partial charge in [0.1, 0.15) is 0 Å². The fraction of sp³-hybridized carbons (Fsp3) is 0.353. The lowest BCUT2D eigenvalue weighted by molar-refractivity contribution is -0.118. The van der Waals surface area contributed by atoms with Crippen LogP contribution < -0.4 is 10.1 Å². The number of benzene rings is 2. The molecule has 2 aromatic rings. The van der Waals surface area contributed by atoms with Crippen LogP contribution in [0.15, 0.2) is 24.3 Å². The number of hydrogen-bond acceptors (Lipinski definition) is 2. The van der Waals surface area contributed by atoms with Crippen LogP contribution in [-0.2, 0) is 17.6 Å². The van der Waals surface area contributed by atoms with Gasteiger partial charge in [-0.15, -0.1) is 0 Å². The molecule has 3 rings (SSSR count). The van der Waals surface area contributed by atoms with Crippen LogP contribution in [0.5, 0.6) is 5.75 Å². The number of aryl methyl sites for hydroxylation is 1. The topological polar surface area (TPSA) is 38.3 Å². The summed E-state index contributed by atoms with van der Waals surface area (Å²) < 4.78 is 19.6. The molecule has 1 aliphatic rings. The van der Waals surface area contributed by atoms with Gasteiger partial charge in [-0.1, -0.05) is 18.2 Å². The lowest BCUT2D eigenvalue weighted by Gasteiger charge is -2.21. The number of ether oxygens (including phenoxy) is 1. The van der Waals surface area contributed by atoms with Crippen molar-refractivity contribution in [3.8, 4) is 5.75 Å². The Kier molecular flexibility index (Phi) is 3.78. The van der Waals surface area contributed by atoms with Crippen LogP contribution >= 0.6 is 0 Å². The monoisotopic (exact) mass is 287 g/mol. The van der Waals surface area contributed by atoms with Gasteiger partial charge >= 0.3 is 0 Å². The normalized spacial score (nSPS) is 13.6. The zero-order valence-corrected chi connectivity index (χ0v) is 12.0. The van der Waals surface area contributed by atoms with E-state index in [1.165, 1.54) is 6.92 Å². The minimum Gasteiger partial charge on any atom is -0.490 e. The number of nitrogens with one attached hydrogen (secondary N) is 1. The summed E-state index contributed by atoms with van der Waals surface area (Å²) in [5, 5.41) is 4.79. The maximum Gasteiger partial charge on any atom is 0.216 e. The van der Waals surface area contributed by atoms with Crippen molar-refractivity contribution in [3.63, 3.8) is 0 Å². The van der Waals surface area contributed by atoms with Crippen molar-refractivity contribution in [1.82, 2.24) is 5.32 Å². The first-order valence-corrected chi connectivity index (χ1v) is 7.27. The van der Waals surface area contributed by atoms with Gasteiger partial charge in [0.2, 0.25) is 5.91 Å². The summed E-state index contributed by atoms with van der Waals surface area (Å²) in [7, 11) is 0. The molecular formula is C17H18FNO2. The molecule has 0 atom stereocenters. The molecule has 0 unspecified atom stereocenters.